The van der Waals surface area contributed by atoms with Crippen LogP contribution in [0.3, 0.4) is 0 Å². The van der Waals surface area contributed by atoms with E-state index >= 15 is 0 Å². The Kier molecular flexibility index (Phi) is 6.22. The first-order valence-corrected chi connectivity index (χ1v) is 8.12. The van der Waals surface area contributed by atoms with Crippen LogP contribution >= 0.6 is 0 Å². The number of ether oxygens (including phenoxy) is 1. The summed E-state index contributed by atoms with van der Waals surface area (Å²) in [5, 5.41) is 0. The first kappa shape index (κ1) is 19.0. The van der Waals surface area contributed by atoms with Crippen molar-refractivity contribution in [3.05, 3.63) is 41.5 Å². The summed E-state index contributed by atoms with van der Waals surface area (Å²) in [5.74, 6) is -0.891. The SMILES string of the molecule is CCOC(=O)C1CCCN(C(=O)/C=C/c2ccc(C(F)(F)F)cc2)C1. The van der Waals surface area contributed by atoms with E-state index in [9.17, 15) is 22.8 Å². The molecule has 1 saturated heterocycles. The summed E-state index contributed by atoms with van der Waals surface area (Å²) in [5.41, 5.74) is -0.232. The molecule has 0 spiro atoms. The molecule has 1 amide bonds. The fourth-order valence-corrected chi connectivity index (χ4v) is 2.69. The molecule has 1 fully saturated rings. The van der Waals surface area contributed by atoms with E-state index in [1.807, 2.05) is 0 Å². The molecule has 4 nitrogen and oxygen atoms in total. The number of amides is 1. The molecule has 1 atom stereocenters. The number of alkyl halides is 3. The van der Waals surface area contributed by atoms with Crippen molar-refractivity contribution < 1.29 is 27.5 Å². The Balaban J connectivity index is 1.96. The number of rotatable bonds is 4. The van der Waals surface area contributed by atoms with Gasteiger partial charge in [0.15, 0.2) is 0 Å². The van der Waals surface area contributed by atoms with Crippen molar-refractivity contribution in [1.82, 2.24) is 4.90 Å². The average molecular weight is 355 g/mol. The highest BCUT2D eigenvalue weighted by atomic mass is 19.4. The lowest BCUT2D eigenvalue weighted by Crippen LogP contribution is -2.42. The van der Waals surface area contributed by atoms with Crippen LogP contribution in [0.4, 0.5) is 13.2 Å². The lowest BCUT2D eigenvalue weighted by molar-refractivity contribution is -0.150. The van der Waals surface area contributed by atoms with Gasteiger partial charge >= 0.3 is 12.1 Å². The van der Waals surface area contributed by atoms with E-state index in [4.69, 9.17) is 4.74 Å². The molecule has 1 unspecified atom stereocenters. The minimum absolute atomic E-state index is 0.270. The molecule has 7 heteroatoms. The Hall–Kier alpha value is -2.31. The van der Waals surface area contributed by atoms with Crippen molar-refractivity contribution >= 4 is 18.0 Å². The van der Waals surface area contributed by atoms with Gasteiger partial charge in [0.25, 0.3) is 0 Å². The lowest BCUT2D eigenvalue weighted by Gasteiger charge is -2.30. The van der Waals surface area contributed by atoms with E-state index in [1.165, 1.54) is 24.3 Å². The summed E-state index contributed by atoms with van der Waals surface area (Å²) in [6.07, 6.45) is -0.199. The van der Waals surface area contributed by atoms with Gasteiger partial charge in [-0.05, 0) is 43.5 Å². The molecule has 0 radical (unpaired) electrons. The van der Waals surface area contributed by atoms with Gasteiger partial charge in [0.2, 0.25) is 5.91 Å². The molecule has 1 aromatic rings. The molecule has 25 heavy (non-hydrogen) atoms. The first-order valence-electron chi connectivity index (χ1n) is 8.12. The number of carbonyl (C=O) groups is 2. The van der Waals surface area contributed by atoms with Gasteiger partial charge in [-0.3, -0.25) is 9.59 Å². The van der Waals surface area contributed by atoms with Gasteiger partial charge in [-0.2, -0.15) is 13.2 Å². The zero-order valence-corrected chi connectivity index (χ0v) is 13.9. The maximum Gasteiger partial charge on any atom is 0.416 e. The van der Waals surface area contributed by atoms with Gasteiger partial charge in [0, 0.05) is 19.2 Å². The standard InChI is InChI=1S/C18H20F3NO3/c1-2-25-17(24)14-4-3-11-22(12-14)16(23)10-7-13-5-8-15(9-6-13)18(19,20)21/h5-10,14H,2-4,11-12H2,1H3/b10-7+. The third-order valence-electron chi connectivity index (χ3n) is 4.01. The topological polar surface area (TPSA) is 46.6 Å². The van der Waals surface area contributed by atoms with E-state index in [0.29, 0.717) is 38.1 Å². The second kappa shape index (κ2) is 8.18. The van der Waals surface area contributed by atoms with Crippen molar-refractivity contribution in [1.29, 1.82) is 0 Å². The molecule has 136 valence electrons. The van der Waals surface area contributed by atoms with E-state index < -0.39 is 11.7 Å². The molecule has 1 aromatic carbocycles. The number of benzene rings is 1. The van der Waals surface area contributed by atoms with E-state index in [1.54, 1.807) is 11.8 Å². The highest BCUT2D eigenvalue weighted by Crippen LogP contribution is 2.29. The third kappa shape index (κ3) is 5.34. The molecule has 1 aliphatic rings. The third-order valence-corrected chi connectivity index (χ3v) is 4.01. The predicted octanol–water partition coefficient (Wildman–Crippen LogP) is 3.52. The van der Waals surface area contributed by atoms with Crippen molar-refractivity contribution in [3.8, 4) is 0 Å². The monoisotopic (exact) mass is 355 g/mol. The van der Waals surface area contributed by atoms with Gasteiger partial charge in [0.05, 0.1) is 18.1 Å². The number of nitrogens with zero attached hydrogens (tertiary/aromatic N) is 1. The lowest BCUT2D eigenvalue weighted by atomic mass is 9.98. The second-order valence-electron chi connectivity index (χ2n) is 5.83. The Morgan fingerprint density at radius 3 is 2.56 bits per heavy atom. The fraction of sp³-hybridized carbons (Fsp3) is 0.444. The molecule has 1 heterocycles. The van der Waals surface area contributed by atoms with Gasteiger partial charge in [-0.25, -0.2) is 0 Å². The molecule has 0 N–H and O–H groups in total. The van der Waals surface area contributed by atoms with E-state index in [2.05, 4.69) is 0 Å². The van der Waals surface area contributed by atoms with Crippen LogP contribution in [0.5, 0.6) is 0 Å². The van der Waals surface area contributed by atoms with Crippen LogP contribution in [0.2, 0.25) is 0 Å². The zero-order chi connectivity index (χ0) is 18.4. The summed E-state index contributed by atoms with van der Waals surface area (Å²) >= 11 is 0. The smallest absolute Gasteiger partial charge is 0.416 e. The summed E-state index contributed by atoms with van der Waals surface area (Å²) in [4.78, 5) is 25.6. The van der Waals surface area contributed by atoms with Crippen molar-refractivity contribution in [2.45, 2.75) is 25.9 Å². The van der Waals surface area contributed by atoms with Crippen LogP contribution in [0.15, 0.2) is 30.3 Å². The number of esters is 1. The fourth-order valence-electron chi connectivity index (χ4n) is 2.69. The molecular weight excluding hydrogens is 335 g/mol. The number of hydrogen-bond donors (Lipinski definition) is 0. The van der Waals surface area contributed by atoms with Crippen LogP contribution in [0.1, 0.15) is 30.9 Å². The van der Waals surface area contributed by atoms with Crippen LogP contribution in [0.25, 0.3) is 6.08 Å². The first-order chi connectivity index (χ1) is 11.8. The van der Waals surface area contributed by atoms with Crippen LogP contribution in [-0.2, 0) is 20.5 Å². The largest absolute Gasteiger partial charge is 0.466 e. The summed E-state index contributed by atoms with van der Waals surface area (Å²) in [6.45, 7) is 2.88. The van der Waals surface area contributed by atoms with Gasteiger partial charge in [-0.1, -0.05) is 12.1 Å². The highest BCUT2D eigenvalue weighted by molar-refractivity contribution is 5.92. The number of likely N-dealkylation sites (tertiary alicyclic amines) is 1. The van der Waals surface area contributed by atoms with Crippen LogP contribution < -0.4 is 0 Å². The average Bonchev–Trinajstić information content (AvgIpc) is 2.59. The van der Waals surface area contributed by atoms with E-state index in [0.717, 1.165) is 12.1 Å². The summed E-state index contributed by atoms with van der Waals surface area (Å²) in [7, 11) is 0. The molecule has 0 bridgehead atoms. The Bertz CT molecular complexity index is 638. The molecule has 1 aliphatic heterocycles. The van der Waals surface area contributed by atoms with E-state index in [-0.39, 0.29) is 17.8 Å². The van der Waals surface area contributed by atoms with Gasteiger partial charge < -0.3 is 9.64 Å². The van der Waals surface area contributed by atoms with Gasteiger partial charge in [0.1, 0.15) is 0 Å². The quantitative estimate of drug-likeness (QED) is 0.613. The van der Waals surface area contributed by atoms with Crippen molar-refractivity contribution in [3.63, 3.8) is 0 Å². The normalized spacial score (nSPS) is 18.4. The minimum Gasteiger partial charge on any atom is -0.466 e. The molecule has 2 rings (SSSR count). The van der Waals surface area contributed by atoms with Crippen molar-refractivity contribution in [2.75, 3.05) is 19.7 Å². The van der Waals surface area contributed by atoms with Crippen LogP contribution in [0, 0.1) is 5.92 Å². The maximum absolute atomic E-state index is 12.5. The number of carbonyl (C=O) groups excluding carboxylic acids is 2. The molecule has 0 saturated carbocycles. The molecular formula is C18H20F3NO3. The predicted molar refractivity (Wildman–Crippen MR) is 86.4 cm³/mol. The highest BCUT2D eigenvalue weighted by Gasteiger charge is 2.30. The zero-order valence-electron chi connectivity index (χ0n) is 13.9. The summed E-state index contributed by atoms with van der Waals surface area (Å²) in [6, 6.07) is 4.57. The number of piperidine rings is 1. The van der Waals surface area contributed by atoms with Gasteiger partial charge in [-0.15, -0.1) is 0 Å². The molecule has 0 aromatic heterocycles. The maximum atomic E-state index is 12.5. The second-order valence-corrected chi connectivity index (χ2v) is 5.83. The number of halogens is 3. The minimum atomic E-state index is -4.38. The number of hydrogen-bond acceptors (Lipinski definition) is 3. The Labute approximate surface area is 144 Å². The van der Waals surface area contributed by atoms with Crippen molar-refractivity contribution in [2.24, 2.45) is 5.92 Å². The Morgan fingerprint density at radius 2 is 1.96 bits per heavy atom. The molecule has 0 aliphatic carbocycles. The Morgan fingerprint density at radius 1 is 1.28 bits per heavy atom. The summed E-state index contributed by atoms with van der Waals surface area (Å²) < 4.78 is 42.5. The van der Waals surface area contributed by atoms with Crippen LogP contribution in [-0.4, -0.2) is 36.5 Å².